The number of aromatic nitrogens is 1. The highest BCUT2D eigenvalue weighted by molar-refractivity contribution is 5.94. The van der Waals surface area contributed by atoms with Crippen molar-refractivity contribution in [1.82, 2.24) is 4.57 Å². The van der Waals surface area contributed by atoms with Crippen molar-refractivity contribution < 1.29 is 0 Å². The second-order valence-corrected chi connectivity index (χ2v) is 4.92. The van der Waals surface area contributed by atoms with Gasteiger partial charge in [-0.25, -0.2) is 0 Å². The van der Waals surface area contributed by atoms with Crippen LogP contribution in [0.15, 0.2) is 10.9 Å². The Bertz CT molecular complexity index is 514. The molecule has 1 aliphatic carbocycles. The number of pyridine rings is 1. The van der Waals surface area contributed by atoms with Crippen LogP contribution in [0.3, 0.4) is 0 Å². The van der Waals surface area contributed by atoms with Crippen LogP contribution in [-0.4, -0.2) is 10.4 Å². The molecule has 0 aromatic carbocycles. The van der Waals surface area contributed by atoms with Crippen molar-refractivity contribution in [3.8, 4) is 0 Å². The molecule has 4 nitrogen and oxygen atoms in total. The lowest BCUT2D eigenvalue weighted by atomic mass is 9.93. The molecule has 0 unspecified atom stereocenters. The van der Waals surface area contributed by atoms with E-state index in [2.05, 4.69) is 0 Å². The first-order valence-corrected chi connectivity index (χ1v) is 6.14. The van der Waals surface area contributed by atoms with E-state index in [4.69, 9.17) is 11.1 Å². The predicted octanol–water partition coefficient (Wildman–Crippen LogP) is 1.59. The molecule has 2 rings (SSSR count). The molecule has 0 fully saturated rings. The van der Waals surface area contributed by atoms with Gasteiger partial charge >= 0.3 is 0 Å². The third-order valence-electron chi connectivity index (χ3n) is 3.35. The Kier molecular flexibility index (Phi) is 3.05. The zero-order valence-electron chi connectivity index (χ0n) is 10.4. The zero-order valence-corrected chi connectivity index (χ0v) is 10.4. The number of fused-ring (bicyclic) bond motifs is 1. The van der Waals surface area contributed by atoms with Crippen LogP contribution in [0.2, 0.25) is 0 Å². The maximum atomic E-state index is 12.3. The predicted molar refractivity (Wildman–Crippen MR) is 68.7 cm³/mol. The van der Waals surface area contributed by atoms with Gasteiger partial charge in [-0.3, -0.25) is 10.2 Å². The van der Waals surface area contributed by atoms with Gasteiger partial charge in [0.2, 0.25) is 0 Å². The minimum Gasteiger partial charge on any atom is -0.384 e. The molecule has 92 valence electrons. The lowest BCUT2D eigenvalue weighted by Crippen LogP contribution is -2.34. The van der Waals surface area contributed by atoms with E-state index in [0.29, 0.717) is 5.56 Å². The summed E-state index contributed by atoms with van der Waals surface area (Å²) >= 11 is 0. The quantitative estimate of drug-likeness (QED) is 0.601. The smallest absolute Gasteiger partial charge is 0.261 e. The normalized spacial score (nSPS) is 14.8. The second-order valence-electron chi connectivity index (χ2n) is 4.92. The molecule has 3 N–H and O–H groups in total. The maximum absolute atomic E-state index is 12.3. The molecule has 1 heterocycles. The van der Waals surface area contributed by atoms with E-state index < -0.39 is 0 Å². The Balaban J connectivity index is 2.73. The minimum atomic E-state index is -0.127. The van der Waals surface area contributed by atoms with Gasteiger partial charge in [-0.1, -0.05) is 0 Å². The van der Waals surface area contributed by atoms with Gasteiger partial charge in [-0.15, -0.1) is 0 Å². The van der Waals surface area contributed by atoms with E-state index >= 15 is 0 Å². The molecule has 0 radical (unpaired) electrons. The fraction of sp³-hybridized carbons (Fsp3) is 0.538. The first-order valence-electron chi connectivity index (χ1n) is 6.14. The summed E-state index contributed by atoms with van der Waals surface area (Å²) < 4.78 is 1.81. The van der Waals surface area contributed by atoms with Gasteiger partial charge in [0.05, 0.1) is 5.56 Å². The number of nitrogen functional groups attached to an aromatic ring is 1. The van der Waals surface area contributed by atoms with Gasteiger partial charge in [0, 0.05) is 11.7 Å². The lowest BCUT2D eigenvalue weighted by Gasteiger charge is -2.24. The van der Waals surface area contributed by atoms with Crippen LogP contribution in [0.1, 0.15) is 49.6 Å². The number of amidine groups is 1. The fourth-order valence-electron chi connectivity index (χ4n) is 2.57. The molecule has 0 amide bonds. The summed E-state index contributed by atoms with van der Waals surface area (Å²) in [6.07, 6.45) is 4.24. The zero-order chi connectivity index (χ0) is 12.6. The average molecular weight is 233 g/mol. The van der Waals surface area contributed by atoms with Crippen LogP contribution in [0.4, 0.5) is 0 Å². The van der Waals surface area contributed by atoms with Crippen LogP contribution in [0.25, 0.3) is 0 Å². The molecule has 17 heavy (non-hydrogen) atoms. The summed E-state index contributed by atoms with van der Waals surface area (Å²) in [7, 11) is 0. The van der Waals surface area contributed by atoms with E-state index in [9.17, 15) is 4.79 Å². The van der Waals surface area contributed by atoms with Crippen molar-refractivity contribution in [2.45, 2.75) is 45.6 Å². The van der Waals surface area contributed by atoms with Crippen molar-refractivity contribution in [3.63, 3.8) is 0 Å². The standard InChI is InChI=1S/C13H19N3O/c1-8(2)16-11-6-4-3-5-9(11)7-10(12(14)15)13(16)17/h7-8H,3-6H2,1-2H3,(H3,14,15). The Hall–Kier alpha value is -1.58. The second kappa shape index (κ2) is 4.35. The summed E-state index contributed by atoms with van der Waals surface area (Å²) in [6.45, 7) is 4.00. The highest BCUT2D eigenvalue weighted by Gasteiger charge is 2.19. The van der Waals surface area contributed by atoms with Gasteiger partial charge < -0.3 is 10.3 Å². The van der Waals surface area contributed by atoms with Gasteiger partial charge in [0.1, 0.15) is 5.84 Å². The van der Waals surface area contributed by atoms with E-state index in [0.717, 1.165) is 31.4 Å². The maximum Gasteiger partial charge on any atom is 0.261 e. The molecule has 0 bridgehead atoms. The number of hydrogen-bond acceptors (Lipinski definition) is 2. The highest BCUT2D eigenvalue weighted by Crippen LogP contribution is 2.22. The van der Waals surface area contributed by atoms with E-state index in [-0.39, 0.29) is 17.4 Å². The molecule has 1 aliphatic rings. The van der Waals surface area contributed by atoms with Crippen molar-refractivity contribution in [2.75, 3.05) is 0 Å². The number of hydrogen-bond donors (Lipinski definition) is 2. The van der Waals surface area contributed by atoms with E-state index in [1.54, 1.807) is 0 Å². The van der Waals surface area contributed by atoms with Crippen LogP contribution in [0, 0.1) is 5.41 Å². The third-order valence-corrected chi connectivity index (χ3v) is 3.35. The molecule has 0 spiro atoms. The summed E-state index contributed by atoms with van der Waals surface area (Å²) in [6, 6.07) is 1.94. The Labute approximate surface area is 101 Å². The van der Waals surface area contributed by atoms with Crippen LogP contribution in [-0.2, 0) is 12.8 Å². The number of nitrogens with two attached hydrogens (primary N) is 1. The minimum absolute atomic E-state index is 0.117. The topological polar surface area (TPSA) is 71.9 Å². The van der Waals surface area contributed by atoms with Crippen molar-refractivity contribution >= 4 is 5.84 Å². The Morgan fingerprint density at radius 3 is 2.65 bits per heavy atom. The largest absolute Gasteiger partial charge is 0.384 e. The number of nitrogens with one attached hydrogen (secondary N) is 1. The Morgan fingerprint density at radius 2 is 2.06 bits per heavy atom. The fourth-order valence-corrected chi connectivity index (χ4v) is 2.57. The molecule has 1 aromatic heterocycles. The summed E-state index contributed by atoms with van der Waals surface area (Å²) in [5.41, 5.74) is 8.05. The van der Waals surface area contributed by atoms with Crippen molar-refractivity contribution in [3.05, 3.63) is 33.2 Å². The summed E-state index contributed by atoms with van der Waals surface area (Å²) in [4.78, 5) is 12.3. The lowest BCUT2D eigenvalue weighted by molar-refractivity contribution is 0.518. The van der Waals surface area contributed by atoms with Gasteiger partial charge in [-0.05, 0) is 51.2 Å². The van der Waals surface area contributed by atoms with Crippen molar-refractivity contribution in [1.29, 1.82) is 5.41 Å². The Morgan fingerprint density at radius 1 is 1.41 bits per heavy atom. The van der Waals surface area contributed by atoms with E-state index in [1.807, 2.05) is 24.5 Å². The average Bonchev–Trinajstić information content (AvgIpc) is 2.27. The first kappa shape index (κ1) is 11.9. The van der Waals surface area contributed by atoms with Crippen LogP contribution < -0.4 is 11.3 Å². The van der Waals surface area contributed by atoms with Crippen LogP contribution >= 0.6 is 0 Å². The molecular weight excluding hydrogens is 214 g/mol. The van der Waals surface area contributed by atoms with Gasteiger partial charge in [0.25, 0.3) is 5.56 Å². The third kappa shape index (κ3) is 1.99. The van der Waals surface area contributed by atoms with E-state index in [1.165, 1.54) is 5.56 Å². The van der Waals surface area contributed by atoms with Crippen molar-refractivity contribution in [2.24, 2.45) is 5.73 Å². The molecule has 0 saturated carbocycles. The first-order chi connectivity index (χ1) is 8.02. The number of rotatable bonds is 2. The number of nitrogens with zero attached hydrogens (tertiary/aromatic N) is 1. The molecule has 0 atom stereocenters. The molecule has 1 aromatic rings. The highest BCUT2D eigenvalue weighted by atomic mass is 16.1. The monoisotopic (exact) mass is 233 g/mol. The molecule has 4 heteroatoms. The summed E-state index contributed by atoms with van der Waals surface area (Å²) in [5, 5.41) is 7.50. The molecule has 0 saturated heterocycles. The van der Waals surface area contributed by atoms with Gasteiger partial charge in [0.15, 0.2) is 0 Å². The SMILES string of the molecule is CC(C)n1c2c(cc(C(=N)N)c1=O)CCCC2. The number of aryl methyl sites for hydroxylation is 1. The molecule has 0 aliphatic heterocycles. The molecular formula is C13H19N3O. The summed E-state index contributed by atoms with van der Waals surface area (Å²) in [5.74, 6) is -0.127. The van der Waals surface area contributed by atoms with Gasteiger partial charge in [-0.2, -0.15) is 0 Å². The van der Waals surface area contributed by atoms with Crippen LogP contribution in [0.5, 0.6) is 0 Å².